The van der Waals surface area contributed by atoms with Gasteiger partial charge in [-0.1, -0.05) is 60.7 Å². The SMILES string of the molecule is N#Cc1cc2c3cc4ccccc4cc3c3ccc4ccccc4c3c2cc1C#N. The highest BCUT2D eigenvalue weighted by molar-refractivity contribution is 6.32. The summed E-state index contributed by atoms with van der Waals surface area (Å²) in [6, 6.07) is 33.6. The lowest BCUT2D eigenvalue weighted by molar-refractivity contribution is 1.45. The maximum atomic E-state index is 9.65. The lowest BCUT2D eigenvalue weighted by Crippen LogP contribution is -1.90. The first-order valence-electron chi connectivity index (χ1n) is 9.82. The molecule has 0 unspecified atom stereocenters. The molecular weight excluding hydrogens is 364 g/mol. The zero-order valence-corrected chi connectivity index (χ0v) is 16.0. The first-order valence-corrected chi connectivity index (χ1v) is 9.82. The second-order valence-corrected chi connectivity index (χ2v) is 7.62. The second-order valence-electron chi connectivity index (χ2n) is 7.62. The molecular formula is C28H14N2. The number of hydrogen-bond donors (Lipinski definition) is 0. The predicted octanol–water partition coefficient (Wildman–Crippen LogP) is 7.20. The maximum absolute atomic E-state index is 9.65. The van der Waals surface area contributed by atoms with E-state index < -0.39 is 0 Å². The highest BCUT2D eigenvalue weighted by atomic mass is 14.3. The van der Waals surface area contributed by atoms with E-state index in [4.69, 9.17) is 0 Å². The molecule has 30 heavy (non-hydrogen) atoms. The van der Waals surface area contributed by atoms with E-state index in [1.54, 1.807) is 0 Å². The Hall–Kier alpha value is -4.40. The summed E-state index contributed by atoms with van der Waals surface area (Å²) in [5, 5.41) is 30.5. The Morgan fingerprint density at radius 2 is 0.967 bits per heavy atom. The molecule has 2 heteroatoms. The van der Waals surface area contributed by atoms with Gasteiger partial charge >= 0.3 is 0 Å². The normalized spacial score (nSPS) is 11.3. The Morgan fingerprint density at radius 3 is 1.63 bits per heavy atom. The van der Waals surface area contributed by atoms with Gasteiger partial charge in [-0.15, -0.1) is 0 Å². The van der Waals surface area contributed by atoms with Gasteiger partial charge in [0.2, 0.25) is 0 Å². The smallest absolute Gasteiger partial charge is 0.101 e. The van der Waals surface area contributed by atoms with E-state index in [2.05, 4.69) is 66.7 Å². The van der Waals surface area contributed by atoms with Crippen LogP contribution < -0.4 is 0 Å². The quantitative estimate of drug-likeness (QED) is 0.207. The maximum Gasteiger partial charge on any atom is 0.101 e. The van der Waals surface area contributed by atoms with Crippen LogP contribution >= 0.6 is 0 Å². The minimum Gasteiger partial charge on any atom is -0.192 e. The van der Waals surface area contributed by atoms with E-state index in [0.29, 0.717) is 11.1 Å². The van der Waals surface area contributed by atoms with E-state index in [-0.39, 0.29) is 0 Å². The zero-order valence-electron chi connectivity index (χ0n) is 16.0. The molecule has 0 radical (unpaired) electrons. The van der Waals surface area contributed by atoms with E-state index in [0.717, 1.165) is 48.5 Å². The van der Waals surface area contributed by atoms with E-state index in [9.17, 15) is 10.5 Å². The van der Waals surface area contributed by atoms with E-state index >= 15 is 0 Å². The van der Waals surface area contributed by atoms with Crippen molar-refractivity contribution in [2.24, 2.45) is 0 Å². The highest BCUT2D eigenvalue weighted by Gasteiger charge is 2.15. The first kappa shape index (κ1) is 16.5. The van der Waals surface area contributed by atoms with Crippen molar-refractivity contribution in [1.29, 1.82) is 10.5 Å². The fraction of sp³-hybridized carbons (Fsp3) is 0. The summed E-state index contributed by atoms with van der Waals surface area (Å²) in [5.74, 6) is 0. The number of rotatable bonds is 0. The van der Waals surface area contributed by atoms with Crippen LogP contribution in [0.25, 0.3) is 53.9 Å². The lowest BCUT2D eigenvalue weighted by Gasteiger charge is -2.14. The lowest BCUT2D eigenvalue weighted by atomic mass is 9.88. The van der Waals surface area contributed by atoms with Crippen molar-refractivity contribution in [3.63, 3.8) is 0 Å². The van der Waals surface area contributed by atoms with Gasteiger partial charge in [-0.05, 0) is 78.1 Å². The largest absolute Gasteiger partial charge is 0.192 e. The van der Waals surface area contributed by atoms with Crippen LogP contribution in [0.15, 0.2) is 84.9 Å². The number of hydrogen-bond acceptors (Lipinski definition) is 2. The summed E-state index contributed by atoms with van der Waals surface area (Å²) in [4.78, 5) is 0. The van der Waals surface area contributed by atoms with Crippen molar-refractivity contribution in [1.82, 2.24) is 0 Å². The van der Waals surface area contributed by atoms with Crippen LogP contribution in [0.1, 0.15) is 11.1 Å². The number of nitriles is 2. The molecule has 0 fully saturated rings. The molecule has 6 aromatic carbocycles. The minimum atomic E-state index is 0.416. The van der Waals surface area contributed by atoms with Crippen molar-refractivity contribution in [3.05, 3.63) is 96.1 Å². The number of benzene rings is 6. The van der Waals surface area contributed by atoms with Crippen LogP contribution in [0.4, 0.5) is 0 Å². The van der Waals surface area contributed by atoms with Gasteiger partial charge < -0.3 is 0 Å². The monoisotopic (exact) mass is 378 g/mol. The third-order valence-electron chi connectivity index (χ3n) is 6.06. The fourth-order valence-electron chi connectivity index (χ4n) is 4.69. The molecule has 0 aliphatic carbocycles. The number of fused-ring (bicyclic) bond motifs is 9. The molecule has 0 bridgehead atoms. The summed E-state index contributed by atoms with van der Waals surface area (Å²) >= 11 is 0. The van der Waals surface area contributed by atoms with Gasteiger partial charge in [0.25, 0.3) is 0 Å². The molecule has 0 aromatic heterocycles. The average molecular weight is 378 g/mol. The molecule has 0 atom stereocenters. The average Bonchev–Trinajstić information content (AvgIpc) is 2.81. The molecule has 0 spiro atoms. The van der Waals surface area contributed by atoms with Gasteiger partial charge in [0.1, 0.15) is 12.1 Å². The Balaban J connectivity index is 2.00. The summed E-state index contributed by atoms with van der Waals surface area (Å²) in [7, 11) is 0. The highest BCUT2D eigenvalue weighted by Crippen LogP contribution is 2.41. The molecule has 0 N–H and O–H groups in total. The second kappa shape index (κ2) is 6.05. The molecule has 2 nitrogen and oxygen atoms in total. The van der Waals surface area contributed by atoms with Crippen molar-refractivity contribution in [3.8, 4) is 12.1 Å². The van der Waals surface area contributed by atoms with Crippen LogP contribution in [0.5, 0.6) is 0 Å². The van der Waals surface area contributed by atoms with Crippen molar-refractivity contribution in [2.75, 3.05) is 0 Å². The third kappa shape index (κ3) is 2.17. The minimum absolute atomic E-state index is 0.416. The van der Waals surface area contributed by atoms with Crippen LogP contribution in [0.3, 0.4) is 0 Å². The zero-order chi connectivity index (χ0) is 20.2. The van der Waals surface area contributed by atoms with Gasteiger partial charge in [0.15, 0.2) is 0 Å². The van der Waals surface area contributed by atoms with Gasteiger partial charge in [-0.3, -0.25) is 0 Å². The van der Waals surface area contributed by atoms with Crippen LogP contribution in [-0.4, -0.2) is 0 Å². The first-order chi connectivity index (χ1) is 14.8. The van der Waals surface area contributed by atoms with Crippen molar-refractivity contribution < 1.29 is 0 Å². The van der Waals surface area contributed by atoms with E-state index in [1.165, 1.54) is 5.39 Å². The molecule has 0 aliphatic heterocycles. The topological polar surface area (TPSA) is 47.6 Å². The van der Waals surface area contributed by atoms with Gasteiger partial charge in [0, 0.05) is 0 Å². The Bertz CT molecular complexity index is 1760. The molecule has 0 saturated carbocycles. The summed E-state index contributed by atoms with van der Waals surface area (Å²) in [5.41, 5.74) is 0.832. The molecule has 0 aliphatic rings. The van der Waals surface area contributed by atoms with Gasteiger partial charge in [-0.2, -0.15) is 10.5 Å². The van der Waals surface area contributed by atoms with Crippen molar-refractivity contribution in [2.45, 2.75) is 0 Å². The molecule has 0 heterocycles. The predicted molar refractivity (Wildman–Crippen MR) is 123 cm³/mol. The van der Waals surface area contributed by atoms with Gasteiger partial charge in [0.05, 0.1) is 11.1 Å². The molecule has 136 valence electrons. The van der Waals surface area contributed by atoms with Crippen molar-refractivity contribution >= 4 is 53.9 Å². The molecule has 6 rings (SSSR count). The van der Waals surface area contributed by atoms with Gasteiger partial charge in [-0.25, -0.2) is 0 Å². The van der Waals surface area contributed by atoms with Crippen LogP contribution in [0, 0.1) is 22.7 Å². The molecule has 0 amide bonds. The summed E-state index contributed by atoms with van der Waals surface area (Å²) < 4.78 is 0. The molecule has 0 saturated heterocycles. The Kier molecular flexibility index (Phi) is 3.33. The summed E-state index contributed by atoms with van der Waals surface area (Å²) in [6.07, 6.45) is 0. The van der Waals surface area contributed by atoms with E-state index in [1.807, 2.05) is 30.3 Å². The Labute approximate surface area is 172 Å². The standard InChI is InChI=1S/C28H14N2/c29-15-20-13-26-25-12-19-7-2-1-6-18(19)11-24(25)23-10-9-17-5-3-4-8-22(17)28(23)27(26)14-21(20)16-30/h1-14H. The van der Waals surface area contributed by atoms with Crippen LogP contribution in [0.2, 0.25) is 0 Å². The number of nitrogens with zero attached hydrogens (tertiary/aromatic N) is 2. The third-order valence-corrected chi connectivity index (χ3v) is 6.06. The van der Waals surface area contributed by atoms with Crippen LogP contribution in [-0.2, 0) is 0 Å². The fourth-order valence-corrected chi connectivity index (χ4v) is 4.69. The molecule has 6 aromatic rings. The summed E-state index contributed by atoms with van der Waals surface area (Å²) in [6.45, 7) is 0. The Morgan fingerprint density at radius 1 is 0.433 bits per heavy atom.